The van der Waals surface area contributed by atoms with Crippen LogP contribution in [0.3, 0.4) is 0 Å². The van der Waals surface area contributed by atoms with Gasteiger partial charge in [-0.1, -0.05) is 0 Å². The van der Waals surface area contributed by atoms with Crippen molar-refractivity contribution < 1.29 is 0 Å². The van der Waals surface area contributed by atoms with E-state index in [9.17, 15) is 0 Å². The van der Waals surface area contributed by atoms with Crippen LogP contribution in [0.4, 0.5) is 5.82 Å². The first-order valence-corrected chi connectivity index (χ1v) is 7.61. The third kappa shape index (κ3) is 1.60. The van der Waals surface area contributed by atoms with Crippen molar-refractivity contribution in [3.05, 3.63) is 17.1 Å². The average molecular weight is 270 g/mol. The van der Waals surface area contributed by atoms with Crippen molar-refractivity contribution in [3.63, 3.8) is 0 Å². The summed E-state index contributed by atoms with van der Waals surface area (Å²) in [4.78, 5) is 9.01. The second kappa shape index (κ2) is 3.74. The summed E-state index contributed by atoms with van der Waals surface area (Å²) in [7, 11) is 0. The Bertz CT molecular complexity index is 705. The summed E-state index contributed by atoms with van der Waals surface area (Å²) in [5.41, 5.74) is 10.3. The Labute approximate surface area is 119 Å². The van der Waals surface area contributed by atoms with Crippen LogP contribution in [0.5, 0.6) is 0 Å². The highest BCUT2D eigenvalue weighted by Crippen LogP contribution is 2.62. The van der Waals surface area contributed by atoms with Gasteiger partial charge in [0.1, 0.15) is 17.3 Å². The molecule has 0 atom stereocenters. The monoisotopic (exact) mass is 270 g/mol. The molecule has 2 aliphatic carbocycles. The highest BCUT2D eigenvalue weighted by atomic mass is 15.1. The molecule has 0 saturated heterocycles. The second-order valence-corrected chi connectivity index (χ2v) is 6.79. The van der Waals surface area contributed by atoms with E-state index >= 15 is 0 Å². The lowest BCUT2D eigenvalue weighted by atomic mass is 10.0. The van der Waals surface area contributed by atoms with Crippen LogP contribution in [-0.4, -0.2) is 14.5 Å². The van der Waals surface area contributed by atoms with Crippen LogP contribution in [0.15, 0.2) is 0 Å². The first kappa shape index (κ1) is 12.2. The third-order valence-corrected chi connectivity index (χ3v) is 5.42. The second-order valence-electron chi connectivity index (χ2n) is 6.79. The Kier molecular flexibility index (Phi) is 2.28. The van der Waals surface area contributed by atoms with Gasteiger partial charge in [0.15, 0.2) is 0 Å². The average Bonchev–Trinajstić information content (AvgIpc) is 3.24. The maximum absolute atomic E-state index is 6.13. The molecule has 0 spiro atoms. The van der Waals surface area contributed by atoms with Crippen molar-refractivity contribution in [2.45, 2.75) is 53.0 Å². The maximum Gasteiger partial charge on any atom is 0.146 e. The van der Waals surface area contributed by atoms with Gasteiger partial charge in [0.2, 0.25) is 0 Å². The molecule has 2 saturated carbocycles. The van der Waals surface area contributed by atoms with E-state index in [1.165, 1.54) is 36.9 Å². The van der Waals surface area contributed by atoms with Gasteiger partial charge in [-0.3, -0.25) is 0 Å². The van der Waals surface area contributed by atoms with E-state index in [1.54, 1.807) is 0 Å². The van der Waals surface area contributed by atoms with E-state index in [0.29, 0.717) is 11.2 Å². The van der Waals surface area contributed by atoms with Crippen LogP contribution in [0, 0.1) is 32.1 Å². The number of rotatable bonds is 3. The normalized spacial score (nSPS) is 20.6. The van der Waals surface area contributed by atoms with Crippen LogP contribution in [0.1, 0.15) is 42.8 Å². The van der Waals surface area contributed by atoms with Gasteiger partial charge in [0, 0.05) is 12.2 Å². The van der Waals surface area contributed by atoms with Crippen LogP contribution in [-0.2, 0) is 6.54 Å². The lowest BCUT2D eigenvalue weighted by Crippen LogP contribution is -2.15. The summed E-state index contributed by atoms with van der Waals surface area (Å²) in [5, 5.41) is 1.06. The van der Waals surface area contributed by atoms with E-state index in [4.69, 9.17) is 5.73 Å². The summed E-state index contributed by atoms with van der Waals surface area (Å²) < 4.78 is 2.40. The fraction of sp³-hybridized carbons (Fsp3) is 0.625. The fourth-order valence-electron chi connectivity index (χ4n) is 3.74. The van der Waals surface area contributed by atoms with Gasteiger partial charge in [-0.15, -0.1) is 0 Å². The van der Waals surface area contributed by atoms with Gasteiger partial charge in [-0.2, -0.15) is 0 Å². The van der Waals surface area contributed by atoms with Crippen molar-refractivity contribution in [2.75, 3.05) is 5.73 Å². The molecular formula is C16H22N4. The Morgan fingerprint density at radius 3 is 2.50 bits per heavy atom. The van der Waals surface area contributed by atoms with E-state index in [1.807, 2.05) is 6.92 Å². The predicted octanol–water partition coefficient (Wildman–Crippen LogP) is 3.13. The van der Waals surface area contributed by atoms with Gasteiger partial charge in [0.25, 0.3) is 0 Å². The van der Waals surface area contributed by atoms with Crippen molar-refractivity contribution in [2.24, 2.45) is 11.3 Å². The maximum atomic E-state index is 6.13. The molecule has 0 unspecified atom stereocenters. The molecule has 0 amide bonds. The third-order valence-electron chi connectivity index (χ3n) is 5.42. The van der Waals surface area contributed by atoms with Gasteiger partial charge in [-0.05, 0) is 63.4 Å². The predicted molar refractivity (Wildman–Crippen MR) is 80.5 cm³/mol. The molecule has 0 bridgehead atoms. The zero-order valence-electron chi connectivity index (χ0n) is 12.5. The Morgan fingerprint density at radius 2 is 1.90 bits per heavy atom. The number of nitrogens with two attached hydrogens (primary N) is 1. The fourth-order valence-corrected chi connectivity index (χ4v) is 3.74. The number of aromatic nitrogens is 3. The molecule has 106 valence electrons. The van der Waals surface area contributed by atoms with Crippen LogP contribution in [0.25, 0.3) is 11.0 Å². The molecule has 4 nitrogen and oxygen atoms in total. The number of aryl methyl sites for hydroxylation is 2. The highest BCUT2D eigenvalue weighted by Gasteiger charge is 2.54. The van der Waals surface area contributed by atoms with E-state index < -0.39 is 0 Å². The minimum absolute atomic E-state index is 0.566. The Hall–Kier alpha value is -1.58. The quantitative estimate of drug-likeness (QED) is 0.932. The van der Waals surface area contributed by atoms with Crippen LogP contribution >= 0.6 is 0 Å². The molecular weight excluding hydrogens is 248 g/mol. The molecule has 2 fully saturated rings. The number of nitrogens with zero attached hydrogens (tertiary/aromatic N) is 3. The zero-order chi connectivity index (χ0) is 14.1. The van der Waals surface area contributed by atoms with Gasteiger partial charge in [-0.25, -0.2) is 9.97 Å². The number of nitrogen functional groups attached to an aromatic ring is 1. The molecule has 2 heterocycles. The van der Waals surface area contributed by atoms with Gasteiger partial charge >= 0.3 is 0 Å². The van der Waals surface area contributed by atoms with Crippen LogP contribution in [0.2, 0.25) is 0 Å². The Balaban J connectivity index is 1.88. The van der Waals surface area contributed by atoms with Crippen molar-refractivity contribution in [1.82, 2.24) is 14.5 Å². The first-order valence-electron chi connectivity index (χ1n) is 7.61. The molecule has 4 rings (SSSR count). The van der Waals surface area contributed by atoms with Crippen LogP contribution < -0.4 is 5.73 Å². The minimum Gasteiger partial charge on any atom is -0.383 e. The first-order chi connectivity index (χ1) is 9.52. The smallest absolute Gasteiger partial charge is 0.146 e. The summed E-state index contributed by atoms with van der Waals surface area (Å²) >= 11 is 0. The molecule has 0 aliphatic heterocycles. The number of hydrogen-bond acceptors (Lipinski definition) is 3. The topological polar surface area (TPSA) is 56.7 Å². The molecule has 0 aromatic carbocycles. The summed E-state index contributed by atoms with van der Waals surface area (Å²) in [5.74, 6) is 2.35. The highest BCUT2D eigenvalue weighted by molar-refractivity contribution is 5.91. The van der Waals surface area contributed by atoms with E-state index in [2.05, 4.69) is 28.4 Å². The number of hydrogen-bond donors (Lipinski definition) is 1. The minimum atomic E-state index is 0.566. The number of anilines is 1. The summed E-state index contributed by atoms with van der Waals surface area (Å²) in [6.07, 6.45) is 5.62. The van der Waals surface area contributed by atoms with Crippen molar-refractivity contribution >= 4 is 16.9 Å². The zero-order valence-corrected chi connectivity index (χ0v) is 12.5. The van der Waals surface area contributed by atoms with Gasteiger partial charge < -0.3 is 10.3 Å². The van der Waals surface area contributed by atoms with Crippen molar-refractivity contribution in [3.8, 4) is 0 Å². The van der Waals surface area contributed by atoms with Gasteiger partial charge in [0.05, 0.1) is 5.39 Å². The lowest BCUT2D eigenvalue weighted by molar-refractivity contribution is 0.371. The lowest BCUT2D eigenvalue weighted by Gasteiger charge is -2.17. The van der Waals surface area contributed by atoms with Crippen molar-refractivity contribution in [1.29, 1.82) is 0 Å². The molecule has 2 aromatic rings. The number of fused-ring (bicyclic) bond motifs is 1. The summed E-state index contributed by atoms with van der Waals surface area (Å²) in [6.45, 7) is 7.37. The summed E-state index contributed by atoms with van der Waals surface area (Å²) in [6, 6.07) is 0. The molecule has 2 aromatic heterocycles. The molecule has 2 aliphatic rings. The molecule has 4 heteroatoms. The SMILES string of the molecule is Cc1nc(N)c2c(C)c(C)n(CC3(C4CC4)CC3)c2n1. The van der Waals surface area contributed by atoms with E-state index in [0.717, 1.165) is 29.3 Å². The Morgan fingerprint density at radius 1 is 1.20 bits per heavy atom. The molecule has 20 heavy (non-hydrogen) atoms. The molecule has 0 radical (unpaired) electrons. The standard InChI is InChI=1S/C16H22N4/c1-9-10(2)20(8-16(6-7-16)12-4-5-12)15-13(9)14(17)18-11(3)19-15/h12H,4-8H2,1-3H3,(H2,17,18,19). The molecule has 2 N–H and O–H groups in total. The van der Waals surface area contributed by atoms with E-state index in [-0.39, 0.29) is 0 Å². The largest absolute Gasteiger partial charge is 0.383 e.